The highest BCUT2D eigenvalue weighted by Crippen LogP contribution is 2.17. The topological polar surface area (TPSA) is 67.0 Å². The van der Waals surface area contributed by atoms with Crippen LogP contribution in [0.5, 0.6) is 0 Å². The number of nitrogens with one attached hydrogen (secondary N) is 2. The van der Waals surface area contributed by atoms with Crippen molar-refractivity contribution in [3.05, 3.63) is 65.4 Å². The van der Waals surface area contributed by atoms with Crippen LogP contribution >= 0.6 is 0 Å². The summed E-state index contributed by atoms with van der Waals surface area (Å²) in [7, 11) is 1.61. The van der Waals surface area contributed by atoms with Crippen molar-refractivity contribution in [1.82, 2.24) is 15.5 Å². The van der Waals surface area contributed by atoms with Crippen molar-refractivity contribution >= 4 is 29.0 Å². The minimum atomic E-state index is -0.0964. The molecule has 3 aromatic rings. The van der Waals surface area contributed by atoms with Gasteiger partial charge in [-0.15, -0.1) is 0 Å². The monoisotopic (exact) mass is 321 g/mol. The van der Waals surface area contributed by atoms with Crippen LogP contribution in [0.1, 0.15) is 21.6 Å². The summed E-state index contributed by atoms with van der Waals surface area (Å²) < 4.78 is 4.91. The van der Waals surface area contributed by atoms with Crippen molar-refractivity contribution in [2.75, 3.05) is 20.3 Å². The number of ether oxygens (including phenoxy) is 1. The predicted molar refractivity (Wildman–Crippen MR) is 95.7 cm³/mol. The van der Waals surface area contributed by atoms with Gasteiger partial charge in [0.1, 0.15) is 0 Å². The van der Waals surface area contributed by atoms with Gasteiger partial charge in [-0.2, -0.15) is 5.10 Å². The maximum Gasteiger partial charge on any atom is 0.251 e. The number of carbonyl (C=O) groups excluding carboxylic acids is 1. The Morgan fingerprint density at radius 2 is 1.96 bits per heavy atom. The molecule has 0 aliphatic carbocycles. The number of methoxy groups -OCH3 is 1. The molecule has 5 nitrogen and oxygen atoms in total. The molecule has 2 aromatic carbocycles. The van der Waals surface area contributed by atoms with Gasteiger partial charge in [-0.3, -0.25) is 9.89 Å². The fourth-order valence-electron chi connectivity index (χ4n) is 2.40. The first-order valence-corrected chi connectivity index (χ1v) is 7.76. The van der Waals surface area contributed by atoms with E-state index in [1.807, 2.05) is 60.7 Å². The number of hydrogen-bond acceptors (Lipinski definition) is 3. The highest BCUT2D eigenvalue weighted by molar-refractivity contribution is 5.94. The van der Waals surface area contributed by atoms with E-state index in [4.69, 9.17) is 4.74 Å². The van der Waals surface area contributed by atoms with Crippen molar-refractivity contribution in [2.24, 2.45) is 0 Å². The molecule has 0 saturated carbocycles. The molecule has 0 saturated heterocycles. The lowest BCUT2D eigenvalue weighted by molar-refractivity contribution is 0.0937. The summed E-state index contributed by atoms with van der Waals surface area (Å²) in [6.07, 6.45) is 3.95. The van der Waals surface area contributed by atoms with Gasteiger partial charge in [0.15, 0.2) is 0 Å². The minimum Gasteiger partial charge on any atom is -0.383 e. The van der Waals surface area contributed by atoms with E-state index >= 15 is 0 Å². The molecule has 1 heterocycles. The van der Waals surface area contributed by atoms with Gasteiger partial charge in [-0.25, -0.2) is 0 Å². The molecule has 0 aliphatic rings. The van der Waals surface area contributed by atoms with Crippen LogP contribution in [0.3, 0.4) is 0 Å². The lowest BCUT2D eigenvalue weighted by Gasteiger charge is -2.04. The Labute approximate surface area is 140 Å². The highest BCUT2D eigenvalue weighted by atomic mass is 16.5. The number of H-pyrrole nitrogens is 1. The van der Waals surface area contributed by atoms with Crippen LogP contribution in [-0.4, -0.2) is 36.4 Å². The van der Waals surface area contributed by atoms with Crippen LogP contribution in [0.4, 0.5) is 0 Å². The molecule has 2 N–H and O–H groups in total. The van der Waals surface area contributed by atoms with Crippen molar-refractivity contribution in [3.8, 4) is 0 Å². The van der Waals surface area contributed by atoms with Crippen LogP contribution in [0.25, 0.3) is 23.1 Å². The van der Waals surface area contributed by atoms with E-state index in [-0.39, 0.29) is 5.91 Å². The third-order valence-electron chi connectivity index (χ3n) is 3.70. The van der Waals surface area contributed by atoms with Gasteiger partial charge in [-0.1, -0.05) is 36.4 Å². The average Bonchev–Trinajstić information content (AvgIpc) is 3.04. The van der Waals surface area contributed by atoms with Crippen molar-refractivity contribution in [2.45, 2.75) is 0 Å². The quantitative estimate of drug-likeness (QED) is 0.686. The summed E-state index contributed by atoms with van der Waals surface area (Å²) in [5.74, 6) is -0.0964. The van der Waals surface area contributed by atoms with Gasteiger partial charge < -0.3 is 10.1 Å². The first-order valence-electron chi connectivity index (χ1n) is 7.76. The summed E-state index contributed by atoms with van der Waals surface area (Å²) >= 11 is 0. The molecule has 0 fully saturated rings. The third kappa shape index (κ3) is 3.70. The zero-order valence-corrected chi connectivity index (χ0v) is 13.5. The third-order valence-corrected chi connectivity index (χ3v) is 3.70. The van der Waals surface area contributed by atoms with E-state index in [0.717, 1.165) is 22.2 Å². The van der Waals surface area contributed by atoms with Gasteiger partial charge in [0, 0.05) is 24.6 Å². The van der Waals surface area contributed by atoms with E-state index in [2.05, 4.69) is 15.5 Å². The molecule has 1 amide bonds. The Morgan fingerprint density at radius 3 is 2.75 bits per heavy atom. The van der Waals surface area contributed by atoms with E-state index in [1.54, 1.807) is 7.11 Å². The predicted octanol–water partition coefficient (Wildman–Crippen LogP) is 3.11. The SMILES string of the molecule is COCCNC(=O)c1ccc(C=Cc2n[nH]c3ccccc23)cc1. The van der Waals surface area contributed by atoms with E-state index < -0.39 is 0 Å². The van der Waals surface area contributed by atoms with Crippen LogP contribution in [0.15, 0.2) is 48.5 Å². The summed E-state index contributed by atoms with van der Waals surface area (Å²) in [6.45, 7) is 1.01. The second-order valence-corrected chi connectivity index (χ2v) is 5.36. The first-order chi connectivity index (χ1) is 11.8. The Balaban J connectivity index is 1.68. The van der Waals surface area contributed by atoms with Crippen LogP contribution in [0, 0.1) is 0 Å². The minimum absolute atomic E-state index is 0.0964. The normalized spacial score (nSPS) is 11.2. The lowest BCUT2D eigenvalue weighted by atomic mass is 10.1. The van der Waals surface area contributed by atoms with E-state index in [1.165, 1.54) is 0 Å². The standard InChI is InChI=1S/C19H19N3O2/c1-24-13-12-20-19(23)15-9-6-14(7-10-15)8-11-18-16-4-2-3-5-17(16)21-22-18/h2-11H,12-13H2,1H3,(H,20,23)(H,21,22). The van der Waals surface area contributed by atoms with Crippen LogP contribution in [-0.2, 0) is 4.74 Å². The number of rotatable bonds is 6. The van der Waals surface area contributed by atoms with Crippen LogP contribution in [0.2, 0.25) is 0 Å². The van der Waals surface area contributed by atoms with Crippen molar-refractivity contribution < 1.29 is 9.53 Å². The fraction of sp³-hybridized carbons (Fsp3) is 0.158. The number of nitrogens with zero attached hydrogens (tertiary/aromatic N) is 1. The van der Waals surface area contributed by atoms with Gasteiger partial charge in [0.25, 0.3) is 5.91 Å². The molecule has 122 valence electrons. The van der Waals surface area contributed by atoms with Gasteiger partial charge >= 0.3 is 0 Å². The van der Waals surface area contributed by atoms with Crippen molar-refractivity contribution in [1.29, 1.82) is 0 Å². The molecular weight excluding hydrogens is 302 g/mol. The second kappa shape index (κ2) is 7.57. The molecule has 0 aliphatic heterocycles. The largest absolute Gasteiger partial charge is 0.383 e. The Kier molecular flexibility index (Phi) is 5.03. The molecule has 0 spiro atoms. The summed E-state index contributed by atoms with van der Waals surface area (Å²) in [5, 5.41) is 11.2. The number of carbonyl (C=O) groups is 1. The molecular formula is C19H19N3O2. The molecule has 0 radical (unpaired) electrons. The second-order valence-electron chi connectivity index (χ2n) is 5.36. The molecule has 0 bridgehead atoms. The number of aromatic nitrogens is 2. The highest BCUT2D eigenvalue weighted by Gasteiger charge is 2.04. The summed E-state index contributed by atoms with van der Waals surface area (Å²) in [5.41, 5.74) is 3.55. The molecule has 3 rings (SSSR count). The fourth-order valence-corrected chi connectivity index (χ4v) is 2.40. The Morgan fingerprint density at radius 1 is 1.17 bits per heavy atom. The molecule has 1 aromatic heterocycles. The lowest BCUT2D eigenvalue weighted by Crippen LogP contribution is -2.26. The van der Waals surface area contributed by atoms with Crippen LogP contribution < -0.4 is 5.32 Å². The average molecular weight is 321 g/mol. The number of benzene rings is 2. The number of hydrogen-bond donors (Lipinski definition) is 2. The Bertz CT molecular complexity index is 850. The smallest absolute Gasteiger partial charge is 0.251 e. The number of amides is 1. The maximum absolute atomic E-state index is 11.9. The van der Waals surface area contributed by atoms with Gasteiger partial charge in [0.05, 0.1) is 17.8 Å². The number of para-hydroxylation sites is 1. The molecule has 0 atom stereocenters. The zero-order valence-electron chi connectivity index (χ0n) is 13.5. The van der Waals surface area contributed by atoms with Gasteiger partial charge in [-0.05, 0) is 29.8 Å². The molecule has 24 heavy (non-hydrogen) atoms. The first kappa shape index (κ1) is 16.0. The van der Waals surface area contributed by atoms with Crippen molar-refractivity contribution in [3.63, 3.8) is 0 Å². The van der Waals surface area contributed by atoms with Gasteiger partial charge in [0.2, 0.25) is 0 Å². The van der Waals surface area contributed by atoms with E-state index in [0.29, 0.717) is 18.7 Å². The number of aromatic amines is 1. The summed E-state index contributed by atoms with van der Waals surface area (Å²) in [4.78, 5) is 11.9. The molecule has 5 heteroatoms. The Hall–Kier alpha value is -2.92. The zero-order chi connectivity index (χ0) is 16.8. The summed E-state index contributed by atoms with van der Waals surface area (Å²) in [6, 6.07) is 15.4. The number of fused-ring (bicyclic) bond motifs is 1. The van der Waals surface area contributed by atoms with E-state index in [9.17, 15) is 4.79 Å². The molecule has 0 unspecified atom stereocenters. The maximum atomic E-state index is 11.9.